The fraction of sp³-hybridized carbons (Fsp3) is 0.594. The van der Waals surface area contributed by atoms with Crippen molar-refractivity contribution in [1.29, 1.82) is 0 Å². The molecule has 204 valence electrons. The molecule has 1 aliphatic carbocycles. The first-order valence-electron chi connectivity index (χ1n) is 14.1. The Morgan fingerprint density at radius 1 is 1.00 bits per heavy atom. The molecule has 1 fully saturated rings. The van der Waals surface area contributed by atoms with Gasteiger partial charge in [0.15, 0.2) is 0 Å². The highest BCUT2D eigenvalue weighted by atomic mass is 16.5. The zero-order valence-electron chi connectivity index (χ0n) is 23.2. The van der Waals surface area contributed by atoms with Crippen molar-refractivity contribution in [3.63, 3.8) is 0 Å². The Morgan fingerprint density at radius 2 is 1.62 bits per heavy atom. The first-order valence-corrected chi connectivity index (χ1v) is 14.1. The lowest BCUT2D eigenvalue weighted by atomic mass is 9.69. The van der Waals surface area contributed by atoms with Crippen LogP contribution in [0.25, 0.3) is 0 Å². The van der Waals surface area contributed by atoms with E-state index in [1.54, 1.807) is 0 Å². The molecule has 1 unspecified atom stereocenters. The van der Waals surface area contributed by atoms with E-state index in [1.165, 1.54) is 28.7 Å². The number of aliphatic hydroxyl groups excluding tert-OH is 1. The number of aryl methyl sites for hydroxylation is 3. The monoisotopic (exact) mass is 510 g/mol. The van der Waals surface area contributed by atoms with Gasteiger partial charge in [-0.3, -0.25) is 4.79 Å². The SMILES string of the molecule is CCC(CC)(c1ccc(CCC2(O)CCCCC2)c(C)c1)c1ccc(OCC(O)CCC(=O)O)c(C)c1. The van der Waals surface area contributed by atoms with Crippen molar-refractivity contribution in [2.45, 2.75) is 115 Å². The van der Waals surface area contributed by atoms with Crippen LogP contribution in [0.15, 0.2) is 36.4 Å². The lowest BCUT2D eigenvalue weighted by Crippen LogP contribution is -2.31. The molecular formula is C32H46O5. The molecule has 2 aromatic rings. The molecule has 0 aromatic heterocycles. The molecule has 0 saturated heterocycles. The second-order valence-electron chi connectivity index (χ2n) is 11.1. The summed E-state index contributed by atoms with van der Waals surface area (Å²) in [6.45, 7) is 8.77. The summed E-state index contributed by atoms with van der Waals surface area (Å²) in [5.74, 6) is -0.203. The van der Waals surface area contributed by atoms with Gasteiger partial charge in [0.2, 0.25) is 0 Å². The maximum atomic E-state index is 11.0. The van der Waals surface area contributed by atoms with Gasteiger partial charge in [-0.05, 0) is 92.7 Å². The van der Waals surface area contributed by atoms with E-state index < -0.39 is 17.7 Å². The summed E-state index contributed by atoms with van der Waals surface area (Å²) in [7, 11) is 0. The van der Waals surface area contributed by atoms with Crippen LogP contribution in [-0.4, -0.2) is 39.6 Å². The smallest absolute Gasteiger partial charge is 0.303 e. The molecule has 1 atom stereocenters. The van der Waals surface area contributed by atoms with E-state index in [-0.39, 0.29) is 24.9 Å². The Bertz CT molecular complexity index is 1030. The van der Waals surface area contributed by atoms with E-state index in [1.807, 2.05) is 13.0 Å². The Labute approximate surface area is 222 Å². The quantitative estimate of drug-likeness (QED) is 0.281. The molecule has 3 rings (SSSR count). The summed E-state index contributed by atoms with van der Waals surface area (Å²) in [6.07, 6.45) is 8.37. The molecule has 37 heavy (non-hydrogen) atoms. The highest BCUT2D eigenvalue weighted by molar-refractivity contribution is 5.66. The van der Waals surface area contributed by atoms with Crippen molar-refractivity contribution >= 4 is 5.97 Å². The number of carboxylic acids is 1. The molecule has 0 bridgehead atoms. The summed E-state index contributed by atoms with van der Waals surface area (Å²) < 4.78 is 5.83. The van der Waals surface area contributed by atoms with Crippen LogP contribution in [0, 0.1) is 13.8 Å². The minimum atomic E-state index is -0.917. The van der Waals surface area contributed by atoms with Gasteiger partial charge < -0.3 is 20.1 Å². The summed E-state index contributed by atoms with van der Waals surface area (Å²) in [5, 5.41) is 29.8. The minimum Gasteiger partial charge on any atom is -0.491 e. The van der Waals surface area contributed by atoms with E-state index in [9.17, 15) is 15.0 Å². The number of rotatable bonds is 13. The second kappa shape index (κ2) is 12.9. The summed E-state index contributed by atoms with van der Waals surface area (Å²) in [4.78, 5) is 10.7. The van der Waals surface area contributed by atoms with Gasteiger partial charge in [-0.25, -0.2) is 0 Å². The van der Waals surface area contributed by atoms with Crippen LogP contribution in [0.5, 0.6) is 5.75 Å². The van der Waals surface area contributed by atoms with E-state index in [2.05, 4.69) is 51.1 Å². The van der Waals surface area contributed by atoms with E-state index in [0.717, 1.165) is 56.9 Å². The third-order valence-electron chi connectivity index (χ3n) is 8.60. The van der Waals surface area contributed by atoms with Crippen LogP contribution in [0.3, 0.4) is 0 Å². The number of ether oxygens (including phenoxy) is 1. The fourth-order valence-corrected chi connectivity index (χ4v) is 6.00. The maximum absolute atomic E-state index is 11.0. The molecule has 0 spiro atoms. The molecule has 2 aromatic carbocycles. The summed E-state index contributed by atoms with van der Waals surface area (Å²) in [6, 6.07) is 13.2. The van der Waals surface area contributed by atoms with Crippen LogP contribution in [-0.2, 0) is 16.6 Å². The van der Waals surface area contributed by atoms with Crippen molar-refractivity contribution in [2.24, 2.45) is 0 Å². The molecular weight excluding hydrogens is 464 g/mol. The van der Waals surface area contributed by atoms with E-state index in [0.29, 0.717) is 5.75 Å². The average molecular weight is 511 g/mol. The topological polar surface area (TPSA) is 87.0 Å². The number of hydrogen-bond donors (Lipinski definition) is 3. The largest absolute Gasteiger partial charge is 0.491 e. The van der Waals surface area contributed by atoms with Gasteiger partial charge in [-0.2, -0.15) is 0 Å². The molecule has 1 saturated carbocycles. The predicted molar refractivity (Wildman–Crippen MR) is 148 cm³/mol. The van der Waals surface area contributed by atoms with Crippen LogP contribution < -0.4 is 4.74 Å². The van der Waals surface area contributed by atoms with Crippen molar-refractivity contribution in [3.8, 4) is 5.75 Å². The highest BCUT2D eigenvalue weighted by Gasteiger charge is 2.32. The van der Waals surface area contributed by atoms with Gasteiger partial charge in [-0.15, -0.1) is 0 Å². The van der Waals surface area contributed by atoms with Crippen molar-refractivity contribution in [1.82, 2.24) is 0 Å². The number of hydrogen-bond acceptors (Lipinski definition) is 4. The van der Waals surface area contributed by atoms with Crippen molar-refractivity contribution < 1.29 is 24.9 Å². The van der Waals surface area contributed by atoms with Crippen LogP contribution in [0.4, 0.5) is 0 Å². The first kappa shape index (κ1) is 29.2. The molecule has 5 heteroatoms. The summed E-state index contributed by atoms with van der Waals surface area (Å²) >= 11 is 0. The first-order chi connectivity index (χ1) is 17.6. The Morgan fingerprint density at radius 3 is 2.19 bits per heavy atom. The Hall–Kier alpha value is -2.37. The number of aliphatic carboxylic acids is 1. The maximum Gasteiger partial charge on any atom is 0.303 e. The number of carbonyl (C=O) groups is 1. The molecule has 1 aliphatic rings. The van der Waals surface area contributed by atoms with Crippen LogP contribution in [0.2, 0.25) is 0 Å². The predicted octanol–water partition coefficient (Wildman–Crippen LogP) is 6.64. The second-order valence-corrected chi connectivity index (χ2v) is 11.1. The summed E-state index contributed by atoms with van der Waals surface area (Å²) in [5.41, 5.74) is 5.57. The zero-order chi connectivity index (χ0) is 27.1. The van der Waals surface area contributed by atoms with Crippen molar-refractivity contribution in [2.75, 3.05) is 6.61 Å². The standard InChI is InChI=1S/C32H46O5/c1-5-32(6-2,27-12-14-29(24(4)21-27)37-22-28(33)13-15-30(34)35)26-11-10-25(23(3)20-26)16-19-31(36)17-8-7-9-18-31/h10-12,14,20-21,28,33,36H,5-9,13,15-19,22H2,1-4H3,(H,34,35). The number of benzene rings is 2. The van der Waals surface area contributed by atoms with Gasteiger partial charge in [0, 0.05) is 11.8 Å². The van der Waals surface area contributed by atoms with Crippen LogP contribution >= 0.6 is 0 Å². The third kappa shape index (κ3) is 7.36. The van der Waals surface area contributed by atoms with Gasteiger partial charge >= 0.3 is 5.97 Å². The average Bonchev–Trinajstić information content (AvgIpc) is 2.88. The number of aliphatic hydroxyl groups is 2. The van der Waals surface area contributed by atoms with Crippen LogP contribution in [0.1, 0.15) is 106 Å². The normalized spacial score (nSPS) is 16.4. The fourth-order valence-electron chi connectivity index (χ4n) is 6.00. The molecule has 0 radical (unpaired) electrons. The zero-order valence-corrected chi connectivity index (χ0v) is 23.2. The Balaban J connectivity index is 1.76. The lowest BCUT2D eigenvalue weighted by molar-refractivity contribution is -0.137. The molecule has 0 heterocycles. The molecule has 0 aliphatic heterocycles. The van der Waals surface area contributed by atoms with E-state index in [4.69, 9.17) is 9.84 Å². The van der Waals surface area contributed by atoms with Gasteiger partial charge in [0.1, 0.15) is 12.4 Å². The van der Waals surface area contributed by atoms with Gasteiger partial charge in [0.05, 0.1) is 11.7 Å². The third-order valence-corrected chi connectivity index (χ3v) is 8.60. The van der Waals surface area contributed by atoms with Gasteiger partial charge in [-0.1, -0.05) is 63.4 Å². The molecule has 3 N–H and O–H groups in total. The lowest BCUT2D eigenvalue weighted by Gasteiger charge is -2.35. The highest BCUT2D eigenvalue weighted by Crippen LogP contribution is 2.41. The van der Waals surface area contributed by atoms with Gasteiger partial charge in [0.25, 0.3) is 0 Å². The molecule has 5 nitrogen and oxygen atoms in total. The number of carboxylic acid groups (broad SMARTS) is 1. The Kier molecular flexibility index (Phi) is 10.2. The van der Waals surface area contributed by atoms with E-state index >= 15 is 0 Å². The molecule has 0 amide bonds. The minimum absolute atomic E-state index is 0.0724. The van der Waals surface area contributed by atoms with Crippen molar-refractivity contribution in [3.05, 3.63) is 64.2 Å².